The van der Waals surface area contributed by atoms with E-state index in [9.17, 15) is 0 Å². The Bertz CT molecular complexity index is 416. The first-order valence-electron chi connectivity index (χ1n) is 9.10. The van der Waals surface area contributed by atoms with Crippen molar-refractivity contribution in [3.63, 3.8) is 0 Å². The van der Waals surface area contributed by atoms with Crippen LogP contribution < -0.4 is 5.32 Å². The van der Waals surface area contributed by atoms with Crippen LogP contribution in [0.4, 0.5) is 0 Å². The molecule has 2 fully saturated rings. The van der Waals surface area contributed by atoms with E-state index in [0.717, 1.165) is 17.8 Å². The van der Waals surface area contributed by atoms with Crippen LogP contribution in [-0.2, 0) is 6.42 Å². The van der Waals surface area contributed by atoms with Gasteiger partial charge in [-0.1, -0.05) is 37.6 Å². The van der Waals surface area contributed by atoms with E-state index in [2.05, 4.69) is 43.4 Å². The minimum Gasteiger partial charge on any atom is -0.310 e. The highest BCUT2D eigenvalue weighted by atomic mass is 14.9. The Hall–Kier alpha value is -0.820. The van der Waals surface area contributed by atoms with Gasteiger partial charge in [0.25, 0.3) is 0 Å². The lowest BCUT2D eigenvalue weighted by molar-refractivity contribution is 0.362. The van der Waals surface area contributed by atoms with Crippen LogP contribution >= 0.6 is 0 Å². The summed E-state index contributed by atoms with van der Waals surface area (Å²) < 4.78 is 0. The number of hydrogen-bond acceptors (Lipinski definition) is 1. The van der Waals surface area contributed by atoms with Gasteiger partial charge in [0.1, 0.15) is 0 Å². The average molecular weight is 285 g/mol. The molecule has 3 rings (SSSR count). The lowest BCUT2D eigenvalue weighted by atomic mass is 9.97. The zero-order valence-electron chi connectivity index (χ0n) is 13.8. The third kappa shape index (κ3) is 4.32. The zero-order chi connectivity index (χ0) is 14.7. The molecule has 1 atom stereocenters. The van der Waals surface area contributed by atoms with Crippen molar-refractivity contribution in [3.8, 4) is 0 Å². The van der Waals surface area contributed by atoms with E-state index in [0.29, 0.717) is 6.04 Å². The fourth-order valence-electron chi connectivity index (χ4n) is 3.55. The Morgan fingerprint density at radius 1 is 1.05 bits per heavy atom. The number of hydrogen-bond donors (Lipinski definition) is 1. The summed E-state index contributed by atoms with van der Waals surface area (Å²) in [4.78, 5) is 0. The van der Waals surface area contributed by atoms with E-state index in [1.165, 1.54) is 62.6 Å². The van der Waals surface area contributed by atoms with Crippen LogP contribution in [-0.4, -0.2) is 6.54 Å². The van der Waals surface area contributed by atoms with Crippen LogP contribution in [0.3, 0.4) is 0 Å². The van der Waals surface area contributed by atoms with E-state index in [4.69, 9.17) is 0 Å². The highest BCUT2D eigenvalue weighted by Crippen LogP contribution is 2.48. The van der Waals surface area contributed by atoms with E-state index < -0.39 is 0 Å². The molecule has 0 aromatic heterocycles. The van der Waals surface area contributed by atoms with E-state index in [1.807, 2.05) is 0 Å². The first kappa shape index (κ1) is 15.1. The van der Waals surface area contributed by atoms with Crippen molar-refractivity contribution in [2.45, 2.75) is 64.8 Å². The van der Waals surface area contributed by atoms with Crippen molar-refractivity contribution >= 4 is 0 Å². The summed E-state index contributed by atoms with van der Waals surface area (Å²) in [5.74, 6) is 3.07. The molecular weight excluding hydrogens is 254 g/mol. The SMILES string of the molecule is CCCCc1ccc(C(C)NCC(C2CC2)C2CC2)cc1. The van der Waals surface area contributed by atoms with Crippen LogP contribution in [0, 0.1) is 17.8 Å². The van der Waals surface area contributed by atoms with E-state index in [-0.39, 0.29) is 0 Å². The highest BCUT2D eigenvalue weighted by Gasteiger charge is 2.41. The summed E-state index contributed by atoms with van der Waals surface area (Å²) in [5, 5.41) is 3.80. The van der Waals surface area contributed by atoms with E-state index in [1.54, 1.807) is 0 Å². The number of aryl methyl sites for hydroxylation is 1. The van der Waals surface area contributed by atoms with Gasteiger partial charge in [0.05, 0.1) is 0 Å². The summed E-state index contributed by atoms with van der Waals surface area (Å²) in [5.41, 5.74) is 2.93. The smallest absolute Gasteiger partial charge is 0.0291 e. The molecule has 1 unspecified atom stereocenters. The van der Waals surface area contributed by atoms with Crippen molar-refractivity contribution < 1.29 is 0 Å². The average Bonchev–Trinajstić information content (AvgIpc) is 3.38. The van der Waals surface area contributed by atoms with Gasteiger partial charge in [0.2, 0.25) is 0 Å². The highest BCUT2D eigenvalue weighted by molar-refractivity contribution is 5.24. The van der Waals surface area contributed by atoms with Crippen LogP contribution in [0.15, 0.2) is 24.3 Å². The van der Waals surface area contributed by atoms with Crippen LogP contribution in [0.2, 0.25) is 0 Å². The molecular formula is C20H31N. The Balaban J connectivity index is 1.48. The van der Waals surface area contributed by atoms with Crippen LogP contribution in [0.5, 0.6) is 0 Å². The van der Waals surface area contributed by atoms with Gasteiger partial charge in [0.15, 0.2) is 0 Å². The molecule has 0 spiro atoms. The second kappa shape index (κ2) is 6.96. The fourth-order valence-corrected chi connectivity index (χ4v) is 3.55. The summed E-state index contributed by atoms with van der Waals surface area (Å²) in [6, 6.07) is 9.79. The van der Waals surface area contributed by atoms with Gasteiger partial charge < -0.3 is 5.32 Å². The Labute approximate surface area is 130 Å². The third-order valence-corrected chi connectivity index (χ3v) is 5.41. The Morgan fingerprint density at radius 2 is 1.67 bits per heavy atom. The van der Waals surface area contributed by atoms with Gasteiger partial charge in [-0.15, -0.1) is 0 Å². The monoisotopic (exact) mass is 285 g/mol. The topological polar surface area (TPSA) is 12.0 Å². The Kier molecular flexibility index (Phi) is 5.00. The maximum absolute atomic E-state index is 3.80. The van der Waals surface area contributed by atoms with Crippen molar-refractivity contribution in [1.82, 2.24) is 5.32 Å². The molecule has 1 aromatic rings. The third-order valence-electron chi connectivity index (χ3n) is 5.41. The van der Waals surface area contributed by atoms with Crippen molar-refractivity contribution in [2.24, 2.45) is 17.8 Å². The minimum absolute atomic E-state index is 0.491. The molecule has 0 heterocycles. The summed E-state index contributed by atoms with van der Waals surface area (Å²) in [6.45, 7) is 5.81. The van der Waals surface area contributed by atoms with Crippen molar-refractivity contribution in [1.29, 1.82) is 0 Å². The fraction of sp³-hybridized carbons (Fsp3) is 0.700. The summed E-state index contributed by atoms with van der Waals surface area (Å²) in [6.07, 6.45) is 9.77. The molecule has 0 aliphatic heterocycles. The molecule has 1 nitrogen and oxygen atoms in total. The number of nitrogens with one attached hydrogen (secondary N) is 1. The molecule has 1 aromatic carbocycles. The summed E-state index contributed by atoms with van der Waals surface area (Å²) in [7, 11) is 0. The molecule has 0 bridgehead atoms. The van der Waals surface area contributed by atoms with Gasteiger partial charge in [-0.25, -0.2) is 0 Å². The quantitative estimate of drug-likeness (QED) is 0.664. The van der Waals surface area contributed by atoms with Gasteiger partial charge in [-0.3, -0.25) is 0 Å². The molecule has 0 radical (unpaired) electrons. The largest absolute Gasteiger partial charge is 0.310 e. The van der Waals surface area contributed by atoms with Crippen LogP contribution in [0.25, 0.3) is 0 Å². The van der Waals surface area contributed by atoms with E-state index >= 15 is 0 Å². The van der Waals surface area contributed by atoms with Crippen molar-refractivity contribution in [2.75, 3.05) is 6.54 Å². The molecule has 0 amide bonds. The molecule has 2 saturated carbocycles. The predicted molar refractivity (Wildman–Crippen MR) is 90.4 cm³/mol. The lowest BCUT2D eigenvalue weighted by Crippen LogP contribution is -2.28. The number of benzene rings is 1. The molecule has 1 N–H and O–H groups in total. The number of unbranched alkanes of at least 4 members (excludes halogenated alkanes) is 1. The maximum atomic E-state index is 3.80. The summed E-state index contributed by atoms with van der Waals surface area (Å²) >= 11 is 0. The predicted octanol–water partition coefficient (Wildman–Crippen LogP) is 5.12. The standard InChI is InChI=1S/C20H31N/c1-3-4-5-16-6-8-17(9-7-16)15(2)21-14-20(18-10-11-18)19-12-13-19/h6-9,15,18-21H,3-5,10-14H2,1-2H3. The second-order valence-corrected chi connectivity index (χ2v) is 7.31. The minimum atomic E-state index is 0.491. The molecule has 2 aliphatic rings. The first-order chi connectivity index (χ1) is 10.3. The van der Waals surface area contributed by atoms with Gasteiger partial charge >= 0.3 is 0 Å². The van der Waals surface area contributed by atoms with Gasteiger partial charge in [0, 0.05) is 6.04 Å². The molecule has 21 heavy (non-hydrogen) atoms. The van der Waals surface area contributed by atoms with Gasteiger partial charge in [-0.2, -0.15) is 0 Å². The lowest BCUT2D eigenvalue weighted by Gasteiger charge is -2.21. The molecule has 2 aliphatic carbocycles. The van der Waals surface area contributed by atoms with Gasteiger partial charge in [-0.05, 0) is 80.9 Å². The van der Waals surface area contributed by atoms with Crippen LogP contribution in [0.1, 0.15) is 69.5 Å². The molecule has 1 heteroatoms. The molecule has 116 valence electrons. The maximum Gasteiger partial charge on any atom is 0.0291 e. The first-order valence-corrected chi connectivity index (χ1v) is 9.10. The second-order valence-electron chi connectivity index (χ2n) is 7.31. The normalized spacial score (nSPS) is 20.0. The zero-order valence-corrected chi connectivity index (χ0v) is 13.8. The number of rotatable bonds is 9. The van der Waals surface area contributed by atoms with Crippen molar-refractivity contribution in [3.05, 3.63) is 35.4 Å². The Morgan fingerprint density at radius 3 is 2.19 bits per heavy atom. The molecule has 0 saturated heterocycles.